The molecule has 0 aromatic heterocycles. The Morgan fingerprint density at radius 1 is 1.05 bits per heavy atom. The number of rotatable bonds is 4. The third-order valence-electron chi connectivity index (χ3n) is 3.42. The molecule has 2 rings (SSSR count). The first-order chi connectivity index (χ1) is 9.47. The highest BCUT2D eigenvalue weighted by Crippen LogP contribution is 2.33. The molecule has 0 saturated heterocycles. The highest BCUT2D eigenvalue weighted by Gasteiger charge is 2.13. The Labute approximate surface area is 129 Å². The molecule has 0 heterocycles. The highest BCUT2D eigenvalue weighted by atomic mass is 79.9. The molecule has 0 amide bonds. The van der Waals surface area contributed by atoms with E-state index in [1.165, 1.54) is 17.2 Å². The van der Waals surface area contributed by atoms with Crippen LogP contribution in [-0.2, 0) is 6.42 Å². The Kier molecular flexibility index (Phi) is 4.98. The van der Waals surface area contributed by atoms with Gasteiger partial charge < -0.3 is 0 Å². The Morgan fingerprint density at radius 2 is 1.70 bits per heavy atom. The van der Waals surface area contributed by atoms with Gasteiger partial charge in [-0.1, -0.05) is 60.1 Å². The second kappa shape index (κ2) is 6.53. The van der Waals surface area contributed by atoms with E-state index in [9.17, 15) is 4.39 Å². The molecule has 0 radical (unpaired) electrons. The summed E-state index contributed by atoms with van der Waals surface area (Å²) < 4.78 is 13.2. The van der Waals surface area contributed by atoms with Crippen molar-refractivity contribution in [3.05, 3.63) is 70.5 Å². The van der Waals surface area contributed by atoms with Crippen molar-refractivity contribution in [2.24, 2.45) is 5.92 Å². The van der Waals surface area contributed by atoms with Crippen molar-refractivity contribution >= 4 is 15.9 Å². The van der Waals surface area contributed by atoms with E-state index in [4.69, 9.17) is 0 Å². The predicted molar refractivity (Wildman–Crippen MR) is 86.9 cm³/mol. The Morgan fingerprint density at radius 3 is 2.25 bits per heavy atom. The van der Waals surface area contributed by atoms with Crippen LogP contribution < -0.4 is 0 Å². The minimum atomic E-state index is -0.182. The molecule has 20 heavy (non-hydrogen) atoms. The molecule has 2 aromatic rings. The number of benzene rings is 2. The number of hydrogen-bond acceptors (Lipinski definition) is 0. The maximum atomic E-state index is 13.2. The molecule has 106 valence electrons. The van der Waals surface area contributed by atoms with Gasteiger partial charge in [0.1, 0.15) is 5.82 Å². The zero-order valence-corrected chi connectivity index (χ0v) is 13.7. The largest absolute Gasteiger partial charge is 0.207 e. The third-order valence-corrected chi connectivity index (χ3v) is 4.44. The van der Waals surface area contributed by atoms with Gasteiger partial charge in [-0.25, -0.2) is 4.39 Å². The van der Waals surface area contributed by atoms with E-state index >= 15 is 0 Å². The molecule has 0 fully saturated rings. The first kappa shape index (κ1) is 15.2. The predicted octanol–water partition coefficient (Wildman–Crippen LogP) is 5.82. The number of hydrogen-bond donors (Lipinski definition) is 0. The van der Waals surface area contributed by atoms with Crippen molar-refractivity contribution in [2.45, 2.75) is 32.0 Å². The normalized spacial score (nSPS) is 12.7. The zero-order chi connectivity index (χ0) is 14.7. The molecule has 0 spiro atoms. The van der Waals surface area contributed by atoms with E-state index in [0.717, 1.165) is 17.5 Å². The van der Waals surface area contributed by atoms with Crippen molar-refractivity contribution in [1.29, 1.82) is 0 Å². The van der Waals surface area contributed by atoms with Crippen LogP contribution in [0.1, 0.15) is 40.9 Å². The fourth-order valence-electron chi connectivity index (χ4n) is 2.40. The molecule has 0 aliphatic rings. The van der Waals surface area contributed by atoms with Crippen LogP contribution in [0.4, 0.5) is 4.39 Å². The summed E-state index contributed by atoms with van der Waals surface area (Å²) in [5.74, 6) is 0.484. The summed E-state index contributed by atoms with van der Waals surface area (Å²) in [6, 6.07) is 13.6. The first-order valence-electron chi connectivity index (χ1n) is 6.96. The maximum Gasteiger partial charge on any atom is 0.123 e. The molecule has 1 atom stereocenters. The third kappa shape index (κ3) is 3.69. The lowest BCUT2D eigenvalue weighted by atomic mass is 9.97. The van der Waals surface area contributed by atoms with Gasteiger partial charge in [-0.2, -0.15) is 0 Å². The second-order valence-corrected chi connectivity index (χ2v) is 6.62. The van der Waals surface area contributed by atoms with Crippen LogP contribution in [0, 0.1) is 18.7 Å². The van der Waals surface area contributed by atoms with Crippen LogP contribution in [0.25, 0.3) is 0 Å². The van der Waals surface area contributed by atoms with Gasteiger partial charge in [-0.05, 0) is 53.6 Å². The van der Waals surface area contributed by atoms with Crippen molar-refractivity contribution < 1.29 is 4.39 Å². The molecule has 0 nitrogen and oxygen atoms in total. The standard InChI is InChI=1S/C18H20BrF/c1-12(2)10-14-4-6-15(7-5-14)18(19)17-9-8-16(20)11-13(17)3/h4-9,11-12,18H,10H2,1-3H3. The quantitative estimate of drug-likeness (QED) is 0.618. The van der Waals surface area contributed by atoms with E-state index in [0.29, 0.717) is 5.92 Å². The zero-order valence-electron chi connectivity index (χ0n) is 12.2. The van der Waals surface area contributed by atoms with Crippen LogP contribution in [0.15, 0.2) is 42.5 Å². The molecule has 2 heteroatoms. The summed E-state index contributed by atoms with van der Waals surface area (Å²) in [4.78, 5) is 0.108. The Bertz CT molecular complexity index is 572. The molecule has 1 unspecified atom stereocenters. The number of halogens is 2. The van der Waals surface area contributed by atoms with Gasteiger partial charge in [0, 0.05) is 0 Å². The van der Waals surface area contributed by atoms with Crippen LogP contribution >= 0.6 is 15.9 Å². The van der Waals surface area contributed by atoms with E-state index < -0.39 is 0 Å². The van der Waals surface area contributed by atoms with E-state index in [-0.39, 0.29) is 10.6 Å². The Balaban J connectivity index is 2.22. The smallest absolute Gasteiger partial charge is 0.123 e. The average molecular weight is 335 g/mol. The fraction of sp³-hybridized carbons (Fsp3) is 0.333. The summed E-state index contributed by atoms with van der Waals surface area (Å²) >= 11 is 3.72. The lowest BCUT2D eigenvalue weighted by molar-refractivity contribution is 0.626. The minimum absolute atomic E-state index is 0.108. The SMILES string of the molecule is Cc1cc(F)ccc1C(Br)c1ccc(CC(C)C)cc1. The monoisotopic (exact) mass is 334 g/mol. The van der Waals surface area contributed by atoms with Crippen LogP contribution in [0.2, 0.25) is 0 Å². The molecule has 0 aliphatic heterocycles. The maximum absolute atomic E-state index is 13.2. The van der Waals surface area contributed by atoms with Crippen molar-refractivity contribution in [3.8, 4) is 0 Å². The van der Waals surface area contributed by atoms with Gasteiger partial charge >= 0.3 is 0 Å². The van der Waals surface area contributed by atoms with Gasteiger partial charge in [0.05, 0.1) is 4.83 Å². The molecule has 0 bridgehead atoms. The van der Waals surface area contributed by atoms with Gasteiger partial charge in [-0.3, -0.25) is 0 Å². The number of alkyl halides is 1. The minimum Gasteiger partial charge on any atom is -0.207 e. The van der Waals surface area contributed by atoms with E-state index in [1.54, 1.807) is 6.07 Å². The van der Waals surface area contributed by atoms with Gasteiger partial charge in [0.25, 0.3) is 0 Å². The number of aryl methyl sites for hydroxylation is 1. The fourth-order valence-corrected chi connectivity index (χ4v) is 3.22. The summed E-state index contributed by atoms with van der Waals surface area (Å²) in [7, 11) is 0. The van der Waals surface area contributed by atoms with Gasteiger partial charge in [0.15, 0.2) is 0 Å². The van der Waals surface area contributed by atoms with Gasteiger partial charge in [-0.15, -0.1) is 0 Å². The lowest BCUT2D eigenvalue weighted by Crippen LogP contribution is -1.98. The summed E-state index contributed by atoms with van der Waals surface area (Å²) in [6.07, 6.45) is 1.10. The summed E-state index contributed by atoms with van der Waals surface area (Å²) in [5.41, 5.74) is 4.65. The summed E-state index contributed by atoms with van der Waals surface area (Å²) in [6.45, 7) is 6.39. The molecule has 0 aliphatic carbocycles. The van der Waals surface area contributed by atoms with Crippen molar-refractivity contribution in [1.82, 2.24) is 0 Å². The van der Waals surface area contributed by atoms with E-state index in [2.05, 4.69) is 54.0 Å². The average Bonchev–Trinajstić information content (AvgIpc) is 2.38. The molecular weight excluding hydrogens is 315 g/mol. The van der Waals surface area contributed by atoms with Crippen molar-refractivity contribution in [2.75, 3.05) is 0 Å². The summed E-state index contributed by atoms with van der Waals surface area (Å²) in [5, 5.41) is 0. The molecular formula is C18H20BrF. The van der Waals surface area contributed by atoms with Crippen LogP contribution in [0.5, 0.6) is 0 Å². The molecule has 0 N–H and O–H groups in total. The first-order valence-corrected chi connectivity index (χ1v) is 7.88. The topological polar surface area (TPSA) is 0 Å². The second-order valence-electron chi connectivity index (χ2n) is 5.70. The molecule has 2 aromatic carbocycles. The highest BCUT2D eigenvalue weighted by molar-refractivity contribution is 9.09. The van der Waals surface area contributed by atoms with E-state index in [1.807, 2.05) is 13.0 Å². The Hall–Kier alpha value is -1.15. The lowest BCUT2D eigenvalue weighted by Gasteiger charge is -2.14. The van der Waals surface area contributed by atoms with Crippen LogP contribution in [0.3, 0.4) is 0 Å². The van der Waals surface area contributed by atoms with Crippen molar-refractivity contribution in [3.63, 3.8) is 0 Å². The van der Waals surface area contributed by atoms with Crippen LogP contribution in [-0.4, -0.2) is 0 Å². The van der Waals surface area contributed by atoms with Gasteiger partial charge in [0.2, 0.25) is 0 Å². The molecule has 0 saturated carbocycles.